The highest BCUT2D eigenvalue weighted by Crippen LogP contribution is 2.33. The molecule has 0 spiro atoms. The van der Waals surface area contributed by atoms with Crippen molar-refractivity contribution in [3.63, 3.8) is 0 Å². The van der Waals surface area contributed by atoms with E-state index in [9.17, 15) is 24.3 Å². The summed E-state index contributed by atoms with van der Waals surface area (Å²) in [6, 6.07) is 1.34. The van der Waals surface area contributed by atoms with Crippen LogP contribution in [0.3, 0.4) is 0 Å². The molecule has 1 aliphatic rings. The molecule has 0 unspecified atom stereocenters. The lowest BCUT2D eigenvalue weighted by molar-refractivity contribution is -0.894. The summed E-state index contributed by atoms with van der Waals surface area (Å²) >= 11 is 0. The van der Waals surface area contributed by atoms with Crippen molar-refractivity contribution in [3.05, 3.63) is 22.7 Å². The van der Waals surface area contributed by atoms with E-state index in [1.807, 2.05) is 0 Å². The Morgan fingerprint density at radius 1 is 1.08 bits per heavy atom. The third kappa shape index (κ3) is 12.2. The zero-order chi connectivity index (χ0) is 27.9. The summed E-state index contributed by atoms with van der Waals surface area (Å²) in [6.45, 7) is 20.3. The molecule has 4 atom stereocenters. The van der Waals surface area contributed by atoms with E-state index in [-0.39, 0.29) is 5.82 Å². The standard InChI is InChI=1S/C10H16N3O8P.2C6H15N/c1-19-8-7(14)5(4-20-22(16,17)18)21-9(8)13-3-2-6(11)12-10(13)15;2*1-4-7(5-2)6-3/h2-3,5,7-9,14H,4H2,1H3,(H2,11,12,15)(H2,16,17,18);2*4-6H2,1-3H3/t5-,7-,8-,9-;;/m1../s1. The van der Waals surface area contributed by atoms with Gasteiger partial charge in [0.1, 0.15) is 24.1 Å². The molecule has 1 aromatic rings. The molecule has 1 aliphatic heterocycles. The second-order valence-electron chi connectivity index (χ2n) is 8.16. The number of anilines is 1. The quantitative estimate of drug-likeness (QED) is 0.209. The maximum atomic E-state index is 11.8. The highest BCUT2D eigenvalue weighted by atomic mass is 31.2. The van der Waals surface area contributed by atoms with Crippen LogP contribution in [-0.4, -0.2) is 86.0 Å². The Kier molecular flexibility index (Phi) is 17.2. The first-order valence-corrected chi connectivity index (χ1v) is 13.9. The van der Waals surface area contributed by atoms with Crippen LogP contribution in [0, 0.1) is 0 Å². The van der Waals surface area contributed by atoms with Gasteiger partial charge in [0, 0.05) is 13.3 Å². The van der Waals surface area contributed by atoms with Crippen molar-refractivity contribution in [1.29, 1.82) is 0 Å². The van der Waals surface area contributed by atoms with E-state index in [2.05, 4.69) is 51.1 Å². The van der Waals surface area contributed by atoms with Crippen LogP contribution in [0.25, 0.3) is 0 Å². The lowest BCUT2D eigenvalue weighted by atomic mass is 10.1. The van der Waals surface area contributed by atoms with Crippen LogP contribution in [-0.2, 0) is 18.6 Å². The smallest absolute Gasteiger partial charge is 0.351 e. The Labute approximate surface area is 214 Å². The normalized spacial score (nSPS) is 21.7. The predicted molar refractivity (Wildman–Crippen MR) is 132 cm³/mol. The van der Waals surface area contributed by atoms with Gasteiger partial charge in [-0.1, -0.05) is 0 Å². The van der Waals surface area contributed by atoms with Gasteiger partial charge in [-0.3, -0.25) is 4.57 Å². The van der Waals surface area contributed by atoms with Gasteiger partial charge in [-0.15, -0.1) is 0 Å². The largest absolute Gasteiger partial charge is 0.790 e. The van der Waals surface area contributed by atoms with Crippen LogP contribution >= 0.6 is 7.82 Å². The number of aliphatic hydroxyl groups excluding tert-OH is 1. The summed E-state index contributed by atoms with van der Waals surface area (Å²) in [4.78, 5) is 39.7. The summed E-state index contributed by atoms with van der Waals surface area (Å²) in [5.41, 5.74) is 4.64. The van der Waals surface area contributed by atoms with E-state index >= 15 is 0 Å². The molecule has 0 bridgehead atoms. The van der Waals surface area contributed by atoms with E-state index in [1.54, 1.807) is 9.80 Å². The van der Waals surface area contributed by atoms with Gasteiger partial charge < -0.3 is 49.0 Å². The predicted octanol–water partition coefficient (Wildman–Crippen LogP) is -3.19. The Morgan fingerprint density at radius 2 is 1.56 bits per heavy atom. The SMILES string of the molecule is CC[NH+](CC)CC.CC[NH+](CC)CC.CO[C@@H]1[C@H](O)[C@@H](COP(=O)([O-])[O-])O[C@H]1n1ccc(N)nc1=O. The van der Waals surface area contributed by atoms with Gasteiger partial charge in [-0.05, 0) is 47.6 Å². The van der Waals surface area contributed by atoms with E-state index in [1.165, 1.54) is 58.6 Å². The molecule has 1 aromatic heterocycles. The maximum Gasteiger partial charge on any atom is 0.351 e. The van der Waals surface area contributed by atoms with Crippen molar-refractivity contribution in [3.8, 4) is 0 Å². The lowest BCUT2D eigenvalue weighted by Crippen LogP contribution is -3.11. The van der Waals surface area contributed by atoms with Crippen molar-refractivity contribution in [2.24, 2.45) is 0 Å². The summed E-state index contributed by atoms with van der Waals surface area (Å²) in [5.74, 6) is 0.00675. The van der Waals surface area contributed by atoms with Crippen molar-refractivity contribution >= 4 is 13.6 Å². The highest BCUT2D eigenvalue weighted by molar-refractivity contribution is 7.43. The van der Waals surface area contributed by atoms with Crippen LogP contribution < -0.4 is 31.0 Å². The highest BCUT2D eigenvalue weighted by Gasteiger charge is 2.45. The molecule has 0 aromatic carbocycles. The molecule has 0 radical (unpaired) electrons. The minimum Gasteiger partial charge on any atom is -0.790 e. The third-order valence-corrected chi connectivity index (χ3v) is 6.57. The van der Waals surface area contributed by atoms with Gasteiger partial charge in [0.2, 0.25) is 0 Å². The number of nitrogens with one attached hydrogen (secondary N) is 2. The number of rotatable bonds is 11. The van der Waals surface area contributed by atoms with E-state index in [0.29, 0.717) is 0 Å². The van der Waals surface area contributed by atoms with Gasteiger partial charge in [0.05, 0.1) is 53.7 Å². The van der Waals surface area contributed by atoms with Crippen LogP contribution in [0.5, 0.6) is 0 Å². The topological polar surface area (TPSA) is 181 Å². The first kappa shape index (κ1) is 34.6. The van der Waals surface area contributed by atoms with Crippen LogP contribution in [0.1, 0.15) is 47.8 Å². The van der Waals surface area contributed by atoms with Gasteiger partial charge in [-0.25, -0.2) is 4.79 Å². The van der Waals surface area contributed by atoms with Gasteiger partial charge >= 0.3 is 5.69 Å². The summed E-state index contributed by atoms with van der Waals surface area (Å²) in [5, 5.41) is 10.0. The summed E-state index contributed by atoms with van der Waals surface area (Å²) in [7, 11) is -3.94. The molecule has 2 rings (SSSR count). The van der Waals surface area contributed by atoms with Crippen LogP contribution in [0.2, 0.25) is 0 Å². The molecule has 1 saturated heterocycles. The molecule has 1 fully saturated rings. The van der Waals surface area contributed by atoms with Crippen molar-refractivity contribution in [2.45, 2.75) is 66.1 Å². The van der Waals surface area contributed by atoms with E-state index in [4.69, 9.17) is 15.2 Å². The number of hydrogen-bond acceptors (Lipinski definition) is 10. The molecular weight excluding hydrogens is 493 g/mol. The second kappa shape index (κ2) is 17.9. The van der Waals surface area contributed by atoms with Crippen molar-refractivity contribution in [2.75, 3.05) is 58.7 Å². The number of aromatic nitrogens is 2. The minimum atomic E-state index is -5.21. The Hall–Kier alpha value is -1.41. The van der Waals surface area contributed by atoms with Crippen molar-refractivity contribution in [1.82, 2.24) is 9.55 Å². The molecule has 5 N–H and O–H groups in total. The molecule has 0 saturated carbocycles. The van der Waals surface area contributed by atoms with E-state index in [0.717, 1.165) is 4.57 Å². The molecule has 0 aliphatic carbocycles. The molecule has 36 heavy (non-hydrogen) atoms. The zero-order valence-electron chi connectivity index (χ0n) is 22.6. The number of phosphoric ester groups is 1. The minimum absolute atomic E-state index is 0.00675. The molecule has 0 amide bonds. The number of nitrogen functional groups attached to an aromatic ring is 1. The van der Waals surface area contributed by atoms with Gasteiger partial charge in [-0.2, -0.15) is 4.98 Å². The summed E-state index contributed by atoms with van der Waals surface area (Å²) < 4.78 is 26.0. The fourth-order valence-electron chi connectivity index (χ4n) is 3.62. The van der Waals surface area contributed by atoms with Crippen LogP contribution in [0.4, 0.5) is 5.82 Å². The Balaban J connectivity index is 0.000000720. The monoisotopic (exact) mass is 539 g/mol. The number of hydrogen-bond donors (Lipinski definition) is 4. The number of methoxy groups -OCH3 is 1. The zero-order valence-corrected chi connectivity index (χ0v) is 23.5. The van der Waals surface area contributed by atoms with Gasteiger partial charge in [0.25, 0.3) is 0 Å². The molecule has 13 nitrogen and oxygen atoms in total. The van der Waals surface area contributed by atoms with E-state index < -0.39 is 44.7 Å². The fourth-order valence-corrected chi connectivity index (χ4v) is 3.95. The first-order chi connectivity index (χ1) is 16.9. The molecular formula is C22H46N5O8P. The number of phosphoric acid groups is 1. The number of nitrogens with zero attached hydrogens (tertiary/aromatic N) is 2. The molecule has 2 heterocycles. The Bertz CT molecular complexity index is 793. The number of ether oxygens (including phenoxy) is 2. The third-order valence-electron chi connectivity index (χ3n) is 6.11. The van der Waals surface area contributed by atoms with Gasteiger partial charge in [0.15, 0.2) is 6.23 Å². The lowest BCUT2D eigenvalue weighted by Gasteiger charge is -2.30. The fraction of sp³-hybridized carbons (Fsp3) is 0.818. The average molecular weight is 540 g/mol. The Morgan fingerprint density at radius 3 is 1.89 bits per heavy atom. The maximum absolute atomic E-state index is 11.8. The molecule has 212 valence electrons. The number of nitrogens with two attached hydrogens (primary N) is 1. The number of quaternary nitrogens is 2. The number of aliphatic hydroxyl groups is 1. The average Bonchev–Trinajstić information content (AvgIpc) is 3.15. The summed E-state index contributed by atoms with van der Waals surface area (Å²) in [6.07, 6.45) is -3.26. The first-order valence-electron chi connectivity index (χ1n) is 12.5. The van der Waals surface area contributed by atoms with Crippen LogP contribution in [0.15, 0.2) is 17.1 Å². The molecule has 14 heteroatoms. The second-order valence-corrected chi connectivity index (χ2v) is 9.32. The van der Waals surface area contributed by atoms with Crippen molar-refractivity contribution < 1.29 is 43.3 Å².